The van der Waals surface area contributed by atoms with Crippen LogP contribution in [-0.2, 0) is 0 Å². The van der Waals surface area contributed by atoms with Crippen molar-refractivity contribution in [3.05, 3.63) is 52.9 Å². The predicted octanol–water partition coefficient (Wildman–Crippen LogP) is 5.38. The Labute approximate surface area is 152 Å². The Kier molecular flexibility index (Phi) is 3.74. The summed E-state index contributed by atoms with van der Waals surface area (Å²) in [5.41, 5.74) is 2.12. The summed E-state index contributed by atoms with van der Waals surface area (Å²) in [4.78, 5) is 0. The van der Waals surface area contributed by atoms with Gasteiger partial charge >= 0.3 is 0 Å². The molecule has 1 aromatic carbocycles. The van der Waals surface area contributed by atoms with E-state index >= 15 is 0 Å². The van der Waals surface area contributed by atoms with Crippen molar-refractivity contribution < 1.29 is 9.15 Å². The van der Waals surface area contributed by atoms with Gasteiger partial charge in [0.05, 0.1) is 12.3 Å². The van der Waals surface area contributed by atoms with E-state index in [9.17, 15) is 0 Å². The number of benzene rings is 1. The molecule has 1 fully saturated rings. The third kappa shape index (κ3) is 2.63. The monoisotopic (exact) mass is 356 g/mol. The van der Waals surface area contributed by atoms with Crippen molar-refractivity contribution >= 4 is 17.3 Å². The molecule has 0 spiro atoms. The van der Waals surface area contributed by atoms with Gasteiger partial charge in [-0.15, -0.1) is 0 Å². The van der Waals surface area contributed by atoms with Crippen LogP contribution in [-0.4, -0.2) is 16.9 Å². The molecular formula is C20H21ClN2O2. The fraction of sp³-hybridized carbons (Fsp3) is 0.450. The average molecular weight is 357 g/mol. The first-order valence-corrected chi connectivity index (χ1v) is 9.53. The number of hydrazone groups is 1. The van der Waals surface area contributed by atoms with Crippen molar-refractivity contribution in [1.29, 1.82) is 0 Å². The summed E-state index contributed by atoms with van der Waals surface area (Å²) in [6.45, 7) is 0. The molecule has 2 aromatic rings. The predicted molar refractivity (Wildman–Crippen MR) is 96.9 cm³/mol. The highest BCUT2D eigenvalue weighted by Crippen LogP contribution is 2.47. The van der Waals surface area contributed by atoms with Gasteiger partial charge in [-0.05, 0) is 43.2 Å². The first-order chi connectivity index (χ1) is 12.3. The van der Waals surface area contributed by atoms with E-state index in [0.29, 0.717) is 5.92 Å². The summed E-state index contributed by atoms with van der Waals surface area (Å²) in [6, 6.07) is 10.0. The minimum atomic E-state index is 0.00596. The maximum atomic E-state index is 6.44. The molecule has 4 nitrogen and oxygen atoms in total. The number of fused-ring (bicyclic) bond motifs is 3. The summed E-state index contributed by atoms with van der Waals surface area (Å²) in [5.74, 6) is 2.33. The summed E-state index contributed by atoms with van der Waals surface area (Å²) in [5, 5.41) is 7.84. The van der Waals surface area contributed by atoms with Crippen LogP contribution in [0.5, 0.6) is 5.75 Å². The molecule has 0 radical (unpaired) electrons. The maximum absolute atomic E-state index is 6.44. The number of hydrogen-bond donors (Lipinski definition) is 0. The minimum absolute atomic E-state index is 0.00596. The number of hydrogen-bond acceptors (Lipinski definition) is 4. The molecule has 1 aliphatic carbocycles. The molecule has 5 heteroatoms. The Morgan fingerprint density at radius 3 is 2.80 bits per heavy atom. The standard InChI is InChI=1S/C20H21ClN2O2/c21-14-8-9-18-15(11-14)17-12-16(19-7-4-10-24-19)22-23(17)20(25-18)13-5-2-1-3-6-13/h4,7-11,13,17,20H,1-3,5-6,12H2. The highest BCUT2D eigenvalue weighted by atomic mass is 35.5. The summed E-state index contributed by atoms with van der Waals surface area (Å²) in [6.07, 6.45) is 8.86. The fourth-order valence-corrected chi connectivity index (χ4v) is 4.59. The van der Waals surface area contributed by atoms with Crippen molar-refractivity contribution in [3.8, 4) is 5.75 Å². The Bertz CT molecular complexity index is 796. The third-order valence-electron chi connectivity index (χ3n) is 5.64. The van der Waals surface area contributed by atoms with E-state index in [2.05, 4.69) is 5.01 Å². The Balaban J connectivity index is 1.55. The molecule has 3 aliphatic rings. The van der Waals surface area contributed by atoms with Crippen LogP contribution in [0.2, 0.25) is 5.02 Å². The molecule has 1 saturated carbocycles. The van der Waals surface area contributed by atoms with Crippen LogP contribution in [0, 0.1) is 5.92 Å². The van der Waals surface area contributed by atoms with Gasteiger partial charge in [0, 0.05) is 22.9 Å². The second kappa shape index (κ2) is 6.10. The van der Waals surface area contributed by atoms with Crippen LogP contribution in [0.25, 0.3) is 0 Å². The molecule has 0 saturated heterocycles. The molecule has 2 aliphatic heterocycles. The van der Waals surface area contributed by atoms with Crippen molar-refractivity contribution in [2.45, 2.75) is 50.8 Å². The minimum Gasteiger partial charge on any atom is -0.468 e. The molecule has 3 heterocycles. The van der Waals surface area contributed by atoms with Gasteiger partial charge in [0.1, 0.15) is 17.2 Å². The molecule has 1 aromatic heterocycles. The molecular weight excluding hydrogens is 336 g/mol. The Morgan fingerprint density at radius 1 is 1.12 bits per heavy atom. The number of rotatable bonds is 2. The van der Waals surface area contributed by atoms with E-state index in [4.69, 9.17) is 25.9 Å². The largest absolute Gasteiger partial charge is 0.468 e. The zero-order valence-corrected chi connectivity index (χ0v) is 14.8. The van der Waals surface area contributed by atoms with Crippen molar-refractivity contribution in [2.24, 2.45) is 11.0 Å². The van der Waals surface area contributed by atoms with Crippen molar-refractivity contribution in [1.82, 2.24) is 5.01 Å². The highest BCUT2D eigenvalue weighted by molar-refractivity contribution is 6.30. The van der Waals surface area contributed by atoms with Crippen LogP contribution < -0.4 is 4.74 Å². The van der Waals surface area contributed by atoms with Gasteiger partial charge < -0.3 is 9.15 Å². The molecule has 2 unspecified atom stereocenters. The lowest BCUT2D eigenvalue weighted by molar-refractivity contribution is -0.0643. The second-order valence-electron chi connectivity index (χ2n) is 7.21. The van der Waals surface area contributed by atoms with E-state index in [1.807, 2.05) is 30.3 Å². The van der Waals surface area contributed by atoms with Crippen LogP contribution in [0.4, 0.5) is 0 Å². The van der Waals surface area contributed by atoms with Gasteiger partial charge in [0.25, 0.3) is 0 Å². The van der Waals surface area contributed by atoms with Crippen molar-refractivity contribution in [2.75, 3.05) is 0 Å². The zero-order chi connectivity index (χ0) is 16.8. The lowest BCUT2D eigenvalue weighted by Gasteiger charge is -2.42. The van der Waals surface area contributed by atoms with E-state index in [-0.39, 0.29) is 12.3 Å². The van der Waals surface area contributed by atoms with Crippen LogP contribution in [0.15, 0.2) is 46.1 Å². The first-order valence-electron chi connectivity index (χ1n) is 9.15. The SMILES string of the molecule is Clc1ccc2c(c1)C1CC(c3ccco3)=NN1C(C1CCCCC1)O2. The summed E-state index contributed by atoms with van der Waals surface area (Å²) < 4.78 is 12.0. The van der Waals surface area contributed by atoms with Gasteiger partial charge in [-0.2, -0.15) is 5.10 Å². The van der Waals surface area contributed by atoms with Crippen molar-refractivity contribution in [3.63, 3.8) is 0 Å². The lowest BCUT2D eigenvalue weighted by Crippen LogP contribution is -2.45. The van der Waals surface area contributed by atoms with Crippen LogP contribution in [0.3, 0.4) is 0 Å². The Morgan fingerprint density at radius 2 is 2.00 bits per heavy atom. The van der Waals surface area contributed by atoms with E-state index in [0.717, 1.165) is 34.2 Å². The van der Waals surface area contributed by atoms with Gasteiger partial charge in [-0.3, -0.25) is 0 Å². The molecule has 0 N–H and O–H groups in total. The molecule has 25 heavy (non-hydrogen) atoms. The molecule has 5 rings (SSSR count). The fourth-order valence-electron chi connectivity index (χ4n) is 4.41. The summed E-state index contributed by atoms with van der Waals surface area (Å²) >= 11 is 6.26. The van der Waals surface area contributed by atoms with Gasteiger partial charge in [0.15, 0.2) is 6.23 Å². The first kappa shape index (κ1) is 15.3. The zero-order valence-electron chi connectivity index (χ0n) is 14.0. The number of ether oxygens (including phenoxy) is 1. The van der Waals surface area contributed by atoms with E-state index in [1.165, 1.54) is 32.1 Å². The number of nitrogens with zero attached hydrogens (tertiary/aromatic N) is 2. The molecule has 2 atom stereocenters. The quantitative estimate of drug-likeness (QED) is 0.724. The highest BCUT2D eigenvalue weighted by Gasteiger charge is 2.44. The van der Waals surface area contributed by atoms with Crippen LogP contribution >= 0.6 is 11.6 Å². The van der Waals surface area contributed by atoms with Gasteiger partial charge in [-0.25, -0.2) is 5.01 Å². The molecule has 0 amide bonds. The number of furan rings is 1. The Hall–Kier alpha value is -1.94. The topological polar surface area (TPSA) is 38.0 Å². The lowest BCUT2D eigenvalue weighted by atomic mass is 9.86. The third-order valence-corrected chi connectivity index (χ3v) is 5.88. The normalized spacial score (nSPS) is 26.0. The maximum Gasteiger partial charge on any atom is 0.190 e. The van der Waals surface area contributed by atoms with E-state index < -0.39 is 0 Å². The molecule has 0 bridgehead atoms. The van der Waals surface area contributed by atoms with Crippen LogP contribution in [0.1, 0.15) is 55.9 Å². The molecule has 130 valence electrons. The van der Waals surface area contributed by atoms with Gasteiger partial charge in [0.2, 0.25) is 0 Å². The van der Waals surface area contributed by atoms with Gasteiger partial charge in [-0.1, -0.05) is 30.9 Å². The van der Waals surface area contributed by atoms with E-state index in [1.54, 1.807) is 6.26 Å². The smallest absolute Gasteiger partial charge is 0.190 e. The summed E-state index contributed by atoms with van der Waals surface area (Å²) in [7, 11) is 0. The second-order valence-corrected chi connectivity index (χ2v) is 7.65. The average Bonchev–Trinajstić information content (AvgIpc) is 3.31. The number of halogens is 1.